The Labute approximate surface area is 128 Å². The molecule has 1 N–H and O–H groups in total. The van der Waals surface area contributed by atoms with Gasteiger partial charge in [0.2, 0.25) is 0 Å². The number of nitrogens with zero attached hydrogens (tertiary/aromatic N) is 2. The minimum atomic E-state index is 0.657. The Kier molecular flexibility index (Phi) is 7.35. The van der Waals surface area contributed by atoms with Gasteiger partial charge in [-0.3, -0.25) is 0 Å². The number of likely N-dealkylation sites (N-methyl/N-ethyl adjacent to an activating group) is 2. The monoisotopic (exact) mass is 297 g/mol. The van der Waals surface area contributed by atoms with Crippen LogP contribution >= 0.6 is 11.6 Å². The minimum Gasteiger partial charge on any atom is -0.372 e. The molecule has 20 heavy (non-hydrogen) atoms. The Morgan fingerprint density at radius 3 is 2.45 bits per heavy atom. The maximum absolute atomic E-state index is 6.40. The van der Waals surface area contributed by atoms with Crippen LogP contribution in [0.3, 0.4) is 0 Å². The molecule has 0 aliphatic carbocycles. The molecule has 1 aromatic rings. The van der Waals surface area contributed by atoms with E-state index in [0.29, 0.717) is 5.92 Å². The molecule has 0 saturated carbocycles. The van der Waals surface area contributed by atoms with Crippen LogP contribution in [0.5, 0.6) is 0 Å². The molecule has 1 rings (SSSR count). The van der Waals surface area contributed by atoms with Gasteiger partial charge in [-0.05, 0) is 38.2 Å². The van der Waals surface area contributed by atoms with E-state index < -0.39 is 0 Å². The van der Waals surface area contributed by atoms with Gasteiger partial charge >= 0.3 is 0 Å². The number of hydrogen-bond donors (Lipinski definition) is 1. The van der Waals surface area contributed by atoms with E-state index in [9.17, 15) is 0 Å². The summed E-state index contributed by atoms with van der Waals surface area (Å²) in [5, 5.41) is 4.32. The summed E-state index contributed by atoms with van der Waals surface area (Å²) in [6, 6.07) is 6.15. The summed E-state index contributed by atoms with van der Waals surface area (Å²) in [5.74, 6) is 0.657. The Hall–Kier alpha value is -0.770. The van der Waals surface area contributed by atoms with Gasteiger partial charge < -0.3 is 15.1 Å². The third-order valence-electron chi connectivity index (χ3n) is 3.20. The lowest BCUT2D eigenvalue weighted by atomic mass is 10.1. The molecule has 0 aromatic heterocycles. The molecule has 0 bridgehead atoms. The van der Waals surface area contributed by atoms with E-state index in [-0.39, 0.29) is 0 Å². The molecule has 0 unspecified atom stereocenters. The number of anilines is 1. The molecule has 0 radical (unpaired) electrons. The average Bonchev–Trinajstić information content (AvgIpc) is 2.35. The van der Waals surface area contributed by atoms with Gasteiger partial charge in [0.05, 0.1) is 10.7 Å². The predicted octanol–water partition coefficient (Wildman–Crippen LogP) is 3.08. The zero-order valence-corrected chi connectivity index (χ0v) is 14.2. The van der Waals surface area contributed by atoms with E-state index in [1.807, 2.05) is 12.1 Å². The summed E-state index contributed by atoms with van der Waals surface area (Å²) in [7, 11) is 6.29. The van der Waals surface area contributed by atoms with Crippen LogP contribution in [0.25, 0.3) is 0 Å². The van der Waals surface area contributed by atoms with E-state index in [1.165, 1.54) is 5.56 Å². The molecule has 0 heterocycles. The molecule has 0 aliphatic heterocycles. The van der Waals surface area contributed by atoms with E-state index in [1.54, 1.807) is 0 Å². The average molecular weight is 298 g/mol. The van der Waals surface area contributed by atoms with Crippen LogP contribution in [0.2, 0.25) is 5.02 Å². The number of para-hydroxylation sites is 1. The summed E-state index contributed by atoms with van der Waals surface area (Å²) in [5.41, 5.74) is 2.41. The van der Waals surface area contributed by atoms with Crippen molar-refractivity contribution >= 4 is 17.3 Å². The van der Waals surface area contributed by atoms with Crippen molar-refractivity contribution in [2.24, 2.45) is 5.92 Å². The van der Waals surface area contributed by atoms with Crippen LogP contribution in [0.15, 0.2) is 18.2 Å². The Morgan fingerprint density at radius 1 is 1.15 bits per heavy atom. The molecule has 114 valence electrons. The Bertz CT molecular complexity index is 405. The highest BCUT2D eigenvalue weighted by molar-refractivity contribution is 6.33. The smallest absolute Gasteiger partial charge is 0.0642 e. The van der Waals surface area contributed by atoms with Crippen molar-refractivity contribution < 1.29 is 0 Å². The first-order chi connectivity index (χ1) is 9.41. The SMILES string of the molecule is CC(C)CNCc1cccc(Cl)c1N(C)CCN(C)C. The van der Waals surface area contributed by atoms with E-state index in [4.69, 9.17) is 11.6 Å². The maximum Gasteiger partial charge on any atom is 0.0642 e. The normalized spacial score (nSPS) is 11.4. The second kappa shape index (κ2) is 8.50. The first kappa shape index (κ1) is 17.3. The van der Waals surface area contributed by atoms with Gasteiger partial charge in [0.25, 0.3) is 0 Å². The first-order valence-electron chi connectivity index (χ1n) is 7.25. The van der Waals surface area contributed by atoms with Crippen molar-refractivity contribution in [1.82, 2.24) is 10.2 Å². The second-order valence-electron chi connectivity index (χ2n) is 6.00. The number of nitrogens with one attached hydrogen (secondary N) is 1. The minimum absolute atomic E-state index is 0.657. The van der Waals surface area contributed by atoms with E-state index in [0.717, 1.165) is 36.9 Å². The predicted molar refractivity (Wildman–Crippen MR) is 89.8 cm³/mol. The highest BCUT2D eigenvalue weighted by Gasteiger charge is 2.11. The lowest BCUT2D eigenvalue weighted by molar-refractivity contribution is 0.416. The number of rotatable bonds is 8. The van der Waals surface area contributed by atoms with Crippen LogP contribution < -0.4 is 10.2 Å². The Morgan fingerprint density at radius 2 is 1.85 bits per heavy atom. The molecule has 0 saturated heterocycles. The summed E-state index contributed by atoms with van der Waals surface area (Å²) < 4.78 is 0. The van der Waals surface area contributed by atoms with Crippen LogP contribution in [0.1, 0.15) is 19.4 Å². The molecule has 3 nitrogen and oxygen atoms in total. The zero-order valence-electron chi connectivity index (χ0n) is 13.4. The van der Waals surface area contributed by atoms with Gasteiger partial charge in [0.1, 0.15) is 0 Å². The van der Waals surface area contributed by atoms with Gasteiger partial charge in [-0.25, -0.2) is 0 Å². The molecule has 0 spiro atoms. The fourth-order valence-electron chi connectivity index (χ4n) is 2.09. The highest BCUT2D eigenvalue weighted by Crippen LogP contribution is 2.29. The molecule has 1 aromatic carbocycles. The fraction of sp³-hybridized carbons (Fsp3) is 0.625. The Balaban J connectivity index is 2.76. The van der Waals surface area contributed by atoms with E-state index >= 15 is 0 Å². The lowest BCUT2D eigenvalue weighted by Crippen LogP contribution is -2.30. The van der Waals surface area contributed by atoms with Crippen molar-refractivity contribution in [2.45, 2.75) is 20.4 Å². The van der Waals surface area contributed by atoms with Gasteiger partial charge in [-0.15, -0.1) is 0 Å². The van der Waals surface area contributed by atoms with Gasteiger partial charge in [0.15, 0.2) is 0 Å². The van der Waals surface area contributed by atoms with Crippen molar-refractivity contribution in [1.29, 1.82) is 0 Å². The van der Waals surface area contributed by atoms with Crippen molar-refractivity contribution in [3.8, 4) is 0 Å². The first-order valence-corrected chi connectivity index (χ1v) is 7.63. The van der Waals surface area contributed by atoms with Crippen LogP contribution in [0.4, 0.5) is 5.69 Å². The number of hydrogen-bond acceptors (Lipinski definition) is 3. The van der Waals surface area contributed by atoms with Gasteiger partial charge in [0, 0.05) is 26.7 Å². The molecular formula is C16H28ClN3. The number of benzene rings is 1. The third kappa shape index (κ3) is 5.70. The van der Waals surface area contributed by atoms with Gasteiger partial charge in [-0.1, -0.05) is 37.6 Å². The van der Waals surface area contributed by atoms with Crippen molar-refractivity contribution in [3.63, 3.8) is 0 Å². The summed E-state index contributed by atoms with van der Waals surface area (Å²) in [4.78, 5) is 4.43. The van der Waals surface area contributed by atoms with Crippen LogP contribution in [-0.2, 0) is 6.54 Å². The van der Waals surface area contributed by atoms with Crippen molar-refractivity contribution in [2.75, 3.05) is 45.7 Å². The molecule has 0 aliphatic rings. The number of halogens is 1. The standard InChI is InChI=1S/C16H28ClN3/c1-13(2)11-18-12-14-7-6-8-15(17)16(14)20(5)10-9-19(3)4/h6-8,13,18H,9-12H2,1-5H3. The zero-order chi connectivity index (χ0) is 15.1. The second-order valence-corrected chi connectivity index (χ2v) is 6.40. The third-order valence-corrected chi connectivity index (χ3v) is 3.51. The van der Waals surface area contributed by atoms with Crippen LogP contribution in [-0.4, -0.2) is 45.7 Å². The lowest BCUT2D eigenvalue weighted by Gasteiger charge is -2.25. The largest absolute Gasteiger partial charge is 0.372 e. The van der Waals surface area contributed by atoms with Crippen LogP contribution in [0, 0.1) is 5.92 Å². The molecule has 4 heteroatoms. The van der Waals surface area contributed by atoms with E-state index in [2.05, 4.69) is 56.2 Å². The highest BCUT2D eigenvalue weighted by atomic mass is 35.5. The quantitative estimate of drug-likeness (QED) is 0.795. The van der Waals surface area contributed by atoms with Crippen molar-refractivity contribution in [3.05, 3.63) is 28.8 Å². The molecule has 0 atom stereocenters. The maximum atomic E-state index is 6.40. The summed E-state index contributed by atoms with van der Waals surface area (Å²) >= 11 is 6.40. The fourth-order valence-corrected chi connectivity index (χ4v) is 2.43. The molecular weight excluding hydrogens is 270 g/mol. The summed E-state index contributed by atoms with van der Waals surface area (Å²) in [6.07, 6.45) is 0. The topological polar surface area (TPSA) is 18.5 Å². The van der Waals surface area contributed by atoms with Gasteiger partial charge in [-0.2, -0.15) is 0 Å². The summed E-state index contributed by atoms with van der Waals surface area (Å²) in [6.45, 7) is 8.30. The molecule has 0 amide bonds. The molecule has 0 fully saturated rings.